The lowest BCUT2D eigenvalue weighted by Crippen LogP contribution is -2.14. The molecule has 0 saturated heterocycles. The van der Waals surface area contributed by atoms with Gasteiger partial charge in [0.25, 0.3) is 0 Å². The van der Waals surface area contributed by atoms with Crippen molar-refractivity contribution in [3.63, 3.8) is 0 Å². The van der Waals surface area contributed by atoms with E-state index in [0.29, 0.717) is 5.92 Å². The first-order valence-electron chi connectivity index (χ1n) is 6.93. The third-order valence-electron chi connectivity index (χ3n) is 3.34. The molecule has 0 saturated carbocycles. The van der Waals surface area contributed by atoms with Gasteiger partial charge < -0.3 is 0 Å². The second kappa shape index (κ2) is 5.56. The Bertz CT molecular complexity index is 506. The standard InChI is InChI=1S/C18H23N/c1-14-8-10-15(11-9-14)16(13-18(2,3)4)17-7-5-6-12-19-17/h5-12,16H,13H2,1-4H3/t16-/m1/s1. The van der Waals surface area contributed by atoms with Gasteiger partial charge in [-0.1, -0.05) is 56.7 Å². The molecule has 0 bridgehead atoms. The number of rotatable bonds is 3. The van der Waals surface area contributed by atoms with E-state index in [4.69, 9.17) is 0 Å². The Morgan fingerprint density at radius 1 is 1.00 bits per heavy atom. The van der Waals surface area contributed by atoms with Crippen LogP contribution in [0.1, 0.15) is 49.9 Å². The summed E-state index contributed by atoms with van der Waals surface area (Å²) in [5.41, 5.74) is 4.12. The Morgan fingerprint density at radius 3 is 2.21 bits per heavy atom. The van der Waals surface area contributed by atoms with Gasteiger partial charge in [0, 0.05) is 17.8 Å². The fourth-order valence-corrected chi connectivity index (χ4v) is 2.39. The summed E-state index contributed by atoms with van der Waals surface area (Å²) in [4.78, 5) is 4.56. The lowest BCUT2D eigenvalue weighted by molar-refractivity contribution is 0.355. The topological polar surface area (TPSA) is 12.9 Å². The minimum atomic E-state index is 0.285. The Kier molecular flexibility index (Phi) is 4.04. The van der Waals surface area contributed by atoms with Crippen molar-refractivity contribution in [2.75, 3.05) is 0 Å². The van der Waals surface area contributed by atoms with Crippen molar-refractivity contribution in [1.29, 1.82) is 0 Å². The van der Waals surface area contributed by atoms with Crippen LogP contribution in [-0.4, -0.2) is 4.98 Å². The van der Waals surface area contributed by atoms with Crippen LogP contribution in [0.5, 0.6) is 0 Å². The predicted molar refractivity (Wildman–Crippen MR) is 81.3 cm³/mol. The van der Waals surface area contributed by atoms with Gasteiger partial charge in [-0.15, -0.1) is 0 Å². The molecule has 1 nitrogen and oxygen atoms in total. The number of hydrogen-bond acceptors (Lipinski definition) is 1. The highest BCUT2D eigenvalue weighted by Gasteiger charge is 2.22. The zero-order valence-corrected chi connectivity index (χ0v) is 12.4. The summed E-state index contributed by atoms with van der Waals surface area (Å²) in [6.45, 7) is 8.99. The van der Waals surface area contributed by atoms with Crippen LogP contribution in [0.3, 0.4) is 0 Å². The van der Waals surface area contributed by atoms with Crippen molar-refractivity contribution in [3.8, 4) is 0 Å². The summed E-state index contributed by atoms with van der Waals surface area (Å²) in [5.74, 6) is 0.377. The highest BCUT2D eigenvalue weighted by molar-refractivity contribution is 5.31. The zero-order valence-electron chi connectivity index (χ0n) is 12.4. The van der Waals surface area contributed by atoms with Crippen molar-refractivity contribution >= 4 is 0 Å². The molecule has 19 heavy (non-hydrogen) atoms. The quantitative estimate of drug-likeness (QED) is 0.753. The van der Waals surface area contributed by atoms with Gasteiger partial charge in [0.2, 0.25) is 0 Å². The van der Waals surface area contributed by atoms with E-state index < -0.39 is 0 Å². The molecule has 1 atom stereocenters. The van der Waals surface area contributed by atoms with Crippen LogP contribution >= 0.6 is 0 Å². The number of nitrogens with zero attached hydrogens (tertiary/aromatic N) is 1. The molecule has 0 aliphatic heterocycles. The first kappa shape index (κ1) is 13.8. The molecule has 2 aromatic rings. The lowest BCUT2D eigenvalue weighted by Gasteiger charge is -2.26. The van der Waals surface area contributed by atoms with Gasteiger partial charge in [-0.25, -0.2) is 0 Å². The van der Waals surface area contributed by atoms with Crippen LogP contribution in [0.4, 0.5) is 0 Å². The molecule has 0 amide bonds. The van der Waals surface area contributed by atoms with Crippen molar-refractivity contribution in [2.24, 2.45) is 5.41 Å². The average Bonchev–Trinajstić information content (AvgIpc) is 2.37. The van der Waals surface area contributed by atoms with Crippen molar-refractivity contribution in [3.05, 3.63) is 65.5 Å². The van der Waals surface area contributed by atoms with Crippen molar-refractivity contribution in [1.82, 2.24) is 4.98 Å². The maximum absolute atomic E-state index is 4.56. The van der Waals surface area contributed by atoms with E-state index in [1.807, 2.05) is 12.3 Å². The number of aromatic nitrogens is 1. The Morgan fingerprint density at radius 2 is 1.68 bits per heavy atom. The fraction of sp³-hybridized carbons (Fsp3) is 0.389. The van der Waals surface area contributed by atoms with Crippen molar-refractivity contribution < 1.29 is 0 Å². The molecule has 1 heterocycles. The van der Waals surface area contributed by atoms with Crippen LogP contribution in [-0.2, 0) is 0 Å². The molecule has 0 N–H and O–H groups in total. The second-order valence-electron chi connectivity index (χ2n) is 6.48. The Labute approximate surface area is 116 Å². The molecule has 1 heteroatoms. The van der Waals surface area contributed by atoms with E-state index in [0.717, 1.165) is 6.42 Å². The smallest absolute Gasteiger partial charge is 0.0478 e. The number of aryl methyl sites for hydroxylation is 1. The Hall–Kier alpha value is -1.63. The van der Waals surface area contributed by atoms with Crippen LogP contribution in [0.25, 0.3) is 0 Å². The van der Waals surface area contributed by atoms with E-state index in [9.17, 15) is 0 Å². The van der Waals surface area contributed by atoms with Gasteiger partial charge in [0.1, 0.15) is 0 Å². The third kappa shape index (κ3) is 3.92. The SMILES string of the molecule is Cc1ccc([C@@H](CC(C)(C)C)c2ccccn2)cc1. The second-order valence-corrected chi connectivity index (χ2v) is 6.48. The number of benzene rings is 1. The molecule has 100 valence electrons. The maximum atomic E-state index is 4.56. The minimum Gasteiger partial charge on any atom is -0.261 e. The van der Waals surface area contributed by atoms with Crippen LogP contribution in [0, 0.1) is 12.3 Å². The molecule has 0 unspecified atom stereocenters. The van der Waals surface area contributed by atoms with Gasteiger partial charge in [-0.05, 0) is 36.5 Å². The average molecular weight is 253 g/mol. The van der Waals surface area contributed by atoms with Crippen LogP contribution in [0.2, 0.25) is 0 Å². The summed E-state index contributed by atoms with van der Waals surface area (Å²) in [6, 6.07) is 15.0. The monoisotopic (exact) mass is 253 g/mol. The third-order valence-corrected chi connectivity index (χ3v) is 3.34. The molecule has 0 aliphatic carbocycles. The molecule has 1 aromatic heterocycles. The lowest BCUT2D eigenvalue weighted by atomic mass is 9.79. The fourth-order valence-electron chi connectivity index (χ4n) is 2.39. The maximum Gasteiger partial charge on any atom is 0.0478 e. The first-order valence-corrected chi connectivity index (χ1v) is 6.93. The number of pyridine rings is 1. The first-order chi connectivity index (χ1) is 8.96. The van der Waals surface area contributed by atoms with Crippen LogP contribution < -0.4 is 0 Å². The zero-order chi connectivity index (χ0) is 13.9. The largest absolute Gasteiger partial charge is 0.261 e. The molecule has 1 aromatic carbocycles. The Balaban J connectivity index is 2.37. The normalized spacial score (nSPS) is 13.3. The van der Waals surface area contributed by atoms with E-state index >= 15 is 0 Å². The molecule has 2 rings (SSSR count). The summed E-state index contributed by atoms with van der Waals surface area (Å²) < 4.78 is 0. The molecule has 0 spiro atoms. The van der Waals surface area contributed by atoms with E-state index in [1.54, 1.807) is 0 Å². The van der Waals surface area contributed by atoms with E-state index in [1.165, 1.54) is 16.8 Å². The van der Waals surface area contributed by atoms with Crippen LogP contribution in [0.15, 0.2) is 48.7 Å². The van der Waals surface area contributed by atoms with Crippen molar-refractivity contribution in [2.45, 2.75) is 40.0 Å². The molecular formula is C18H23N. The van der Waals surface area contributed by atoms with Gasteiger partial charge in [-0.3, -0.25) is 4.98 Å². The predicted octanol–water partition coefficient (Wildman–Crippen LogP) is 4.96. The minimum absolute atomic E-state index is 0.285. The van der Waals surface area contributed by atoms with Gasteiger partial charge in [0.15, 0.2) is 0 Å². The summed E-state index contributed by atoms with van der Waals surface area (Å²) in [5, 5.41) is 0. The summed E-state index contributed by atoms with van der Waals surface area (Å²) >= 11 is 0. The van der Waals surface area contributed by atoms with Gasteiger partial charge in [0.05, 0.1) is 0 Å². The molecule has 0 radical (unpaired) electrons. The molecule has 0 fully saturated rings. The molecular weight excluding hydrogens is 230 g/mol. The highest BCUT2D eigenvalue weighted by Crippen LogP contribution is 2.35. The van der Waals surface area contributed by atoms with Gasteiger partial charge >= 0.3 is 0 Å². The highest BCUT2D eigenvalue weighted by atomic mass is 14.7. The summed E-state index contributed by atoms with van der Waals surface area (Å²) in [6.07, 6.45) is 2.99. The summed E-state index contributed by atoms with van der Waals surface area (Å²) in [7, 11) is 0. The molecule has 0 aliphatic rings. The van der Waals surface area contributed by atoms with E-state index in [2.05, 4.69) is 69.1 Å². The number of hydrogen-bond donors (Lipinski definition) is 0. The van der Waals surface area contributed by atoms with E-state index in [-0.39, 0.29) is 5.41 Å². The van der Waals surface area contributed by atoms with Gasteiger partial charge in [-0.2, -0.15) is 0 Å².